The number of amides is 1. The summed E-state index contributed by atoms with van der Waals surface area (Å²) >= 11 is 0. The summed E-state index contributed by atoms with van der Waals surface area (Å²) in [4.78, 5) is 13.7. The first-order valence-electron chi connectivity index (χ1n) is 6.50. The van der Waals surface area contributed by atoms with Crippen LogP contribution in [-0.4, -0.2) is 43.0 Å². The highest BCUT2D eigenvalue weighted by atomic mass is 19.1. The van der Waals surface area contributed by atoms with Crippen LogP contribution in [0.2, 0.25) is 0 Å². The third kappa shape index (κ3) is 3.53. The lowest BCUT2D eigenvalue weighted by atomic mass is 10.2. The second-order valence-corrected chi connectivity index (χ2v) is 4.83. The molecule has 2 rings (SSSR count). The number of nitriles is 1. The van der Waals surface area contributed by atoms with Crippen LogP contribution in [-0.2, 0) is 4.79 Å². The lowest BCUT2D eigenvalue weighted by Gasteiger charge is -2.31. The van der Waals surface area contributed by atoms with E-state index in [-0.39, 0.29) is 24.3 Å². The first-order chi connectivity index (χ1) is 9.60. The van der Waals surface area contributed by atoms with Gasteiger partial charge in [0.05, 0.1) is 12.6 Å². The molecule has 1 atom stereocenters. The van der Waals surface area contributed by atoms with E-state index in [4.69, 9.17) is 5.26 Å². The number of nitrogens with zero attached hydrogens (tertiary/aromatic N) is 2. The summed E-state index contributed by atoms with van der Waals surface area (Å²) < 4.78 is 13.4. The molecule has 1 aliphatic rings. The fourth-order valence-corrected chi connectivity index (χ4v) is 2.12. The minimum atomic E-state index is -0.347. The lowest BCUT2D eigenvalue weighted by Crippen LogP contribution is -2.52. The van der Waals surface area contributed by atoms with Gasteiger partial charge in [-0.25, -0.2) is 4.39 Å². The molecule has 0 aliphatic carbocycles. The van der Waals surface area contributed by atoms with Crippen LogP contribution >= 0.6 is 0 Å². The first-order valence-corrected chi connectivity index (χ1v) is 6.50. The SMILES string of the molecule is Cc1ccc(NC(=O)CN2CCNCC2C#N)cc1F. The highest BCUT2D eigenvalue weighted by Gasteiger charge is 2.23. The van der Waals surface area contributed by atoms with Crippen molar-refractivity contribution in [2.24, 2.45) is 0 Å². The van der Waals surface area contributed by atoms with Crippen LogP contribution in [0.15, 0.2) is 18.2 Å². The number of piperazine rings is 1. The van der Waals surface area contributed by atoms with Crippen molar-refractivity contribution in [3.8, 4) is 6.07 Å². The molecule has 2 N–H and O–H groups in total. The zero-order valence-corrected chi connectivity index (χ0v) is 11.3. The van der Waals surface area contributed by atoms with Gasteiger partial charge in [0, 0.05) is 25.3 Å². The molecule has 1 fully saturated rings. The van der Waals surface area contributed by atoms with Crippen LogP contribution in [0.3, 0.4) is 0 Å². The molecule has 1 saturated heterocycles. The fourth-order valence-electron chi connectivity index (χ4n) is 2.12. The van der Waals surface area contributed by atoms with Crippen LogP contribution in [0, 0.1) is 24.1 Å². The molecule has 1 amide bonds. The number of carbonyl (C=O) groups is 1. The maximum atomic E-state index is 13.4. The Morgan fingerprint density at radius 1 is 1.65 bits per heavy atom. The maximum Gasteiger partial charge on any atom is 0.238 e. The minimum absolute atomic E-state index is 0.134. The molecular weight excluding hydrogens is 259 g/mol. The van der Waals surface area contributed by atoms with E-state index >= 15 is 0 Å². The Hall–Kier alpha value is -1.97. The zero-order valence-electron chi connectivity index (χ0n) is 11.3. The van der Waals surface area contributed by atoms with Gasteiger partial charge in [-0.2, -0.15) is 5.26 Å². The Labute approximate surface area is 117 Å². The predicted octanol–water partition coefficient (Wildman–Crippen LogP) is 0.870. The summed E-state index contributed by atoms with van der Waals surface area (Å²) in [6, 6.07) is 6.44. The number of carbonyl (C=O) groups excluding carboxylic acids is 1. The van der Waals surface area contributed by atoms with Gasteiger partial charge in [-0.05, 0) is 24.6 Å². The Balaban J connectivity index is 1.94. The van der Waals surface area contributed by atoms with Gasteiger partial charge in [0.2, 0.25) is 5.91 Å². The zero-order chi connectivity index (χ0) is 14.5. The second-order valence-electron chi connectivity index (χ2n) is 4.83. The predicted molar refractivity (Wildman–Crippen MR) is 73.6 cm³/mol. The van der Waals surface area contributed by atoms with E-state index in [0.29, 0.717) is 24.3 Å². The Morgan fingerprint density at radius 2 is 2.45 bits per heavy atom. The van der Waals surface area contributed by atoms with Gasteiger partial charge in [0.25, 0.3) is 0 Å². The van der Waals surface area contributed by atoms with E-state index in [1.54, 1.807) is 19.1 Å². The number of hydrogen-bond acceptors (Lipinski definition) is 4. The van der Waals surface area contributed by atoms with Crippen LogP contribution in [0.4, 0.5) is 10.1 Å². The largest absolute Gasteiger partial charge is 0.325 e. The van der Waals surface area contributed by atoms with Crippen molar-refractivity contribution in [2.75, 3.05) is 31.5 Å². The molecule has 0 saturated carbocycles. The molecule has 20 heavy (non-hydrogen) atoms. The highest BCUT2D eigenvalue weighted by molar-refractivity contribution is 5.92. The fraction of sp³-hybridized carbons (Fsp3) is 0.429. The summed E-state index contributed by atoms with van der Waals surface area (Å²) in [6.45, 7) is 3.76. The molecule has 0 spiro atoms. The van der Waals surface area contributed by atoms with E-state index in [1.165, 1.54) is 6.07 Å². The Bertz CT molecular complexity index is 540. The maximum absolute atomic E-state index is 13.4. The summed E-state index contributed by atoms with van der Waals surface area (Å²) in [5, 5.41) is 14.8. The smallest absolute Gasteiger partial charge is 0.238 e. The normalized spacial score (nSPS) is 19.4. The third-order valence-electron chi connectivity index (χ3n) is 3.31. The average Bonchev–Trinajstić information content (AvgIpc) is 2.43. The minimum Gasteiger partial charge on any atom is -0.325 e. The molecule has 5 nitrogen and oxygen atoms in total. The van der Waals surface area contributed by atoms with Gasteiger partial charge in [0.1, 0.15) is 11.9 Å². The van der Waals surface area contributed by atoms with Crippen molar-refractivity contribution in [2.45, 2.75) is 13.0 Å². The molecule has 1 aliphatic heterocycles. The van der Waals surface area contributed by atoms with Gasteiger partial charge < -0.3 is 10.6 Å². The molecule has 106 valence electrons. The number of nitrogens with one attached hydrogen (secondary N) is 2. The first kappa shape index (κ1) is 14.4. The Morgan fingerprint density at radius 3 is 3.15 bits per heavy atom. The highest BCUT2D eigenvalue weighted by Crippen LogP contribution is 2.13. The lowest BCUT2D eigenvalue weighted by molar-refractivity contribution is -0.117. The molecule has 1 unspecified atom stereocenters. The average molecular weight is 276 g/mol. The summed E-state index contributed by atoms with van der Waals surface area (Å²) in [5.74, 6) is -0.588. The molecular formula is C14H17FN4O. The summed E-state index contributed by atoms with van der Waals surface area (Å²) in [6.07, 6.45) is 0. The monoisotopic (exact) mass is 276 g/mol. The van der Waals surface area contributed by atoms with E-state index in [2.05, 4.69) is 16.7 Å². The molecule has 1 heterocycles. The van der Waals surface area contributed by atoms with E-state index in [1.807, 2.05) is 4.90 Å². The third-order valence-corrected chi connectivity index (χ3v) is 3.31. The van der Waals surface area contributed by atoms with Crippen molar-refractivity contribution in [1.82, 2.24) is 10.2 Å². The standard InChI is InChI=1S/C14H17FN4O/c1-10-2-3-11(6-13(10)15)18-14(20)9-19-5-4-17-8-12(19)7-16/h2-3,6,12,17H,4-5,8-9H2,1H3,(H,18,20). The van der Waals surface area contributed by atoms with Crippen molar-refractivity contribution >= 4 is 11.6 Å². The van der Waals surface area contributed by atoms with Crippen molar-refractivity contribution < 1.29 is 9.18 Å². The summed E-state index contributed by atoms with van der Waals surface area (Å²) in [5.41, 5.74) is 0.969. The molecule has 0 bridgehead atoms. The van der Waals surface area contributed by atoms with Crippen molar-refractivity contribution in [3.05, 3.63) is 29.6 Å². The molecule has 6 heteroatoms. The molecule has 0 radical (unpaired) electrons. The van der Waals surface area contributed by atoms with E-state index in [9.17, 15) is 9.18 Å². The number of aryl methyl sites for hydroxylation is 1. The van der Waals surface area contributed by atoms with Gasteiger partial charge in [-0.3, -0.25) is 9.69 Å². The topological polar surface area (TPSA) is 68.2 Å². The Kier molecular flexibility index (Phi) is 4.66. The number of benzene rings is 1. The number of hydrogen-bond donors (Lipinski definition) is 2. The number of rotatable bonds is 3. The van der Waals surface area contributed by atoms with Crippen LogP contribution in [0.1, 0.15) is 5.56 Å². The van der Waals surface area contributed by atoms with E-state index < -0.39 is 0 Å². The quantitative estimate of drug-likeness (QED) is 0.859. The molecule has 1 aromatic carbocycles. The summed E-state index contributed by atoms with van der Waals surface area (Å²) in [7, 11) is 0. The number of anilines is 1. The van der Waals surface area contributed by atoms with Crippen molar-refractivity contribution in [1.29, 1.82) is 5.26 Å². The second kappa shape index (κ2) is 6.46. The van der Waals surface area contributed by atoms with E-state index in [0.717, 1.165) is 6.54 Å². The molecule has 0 aromatic heterocycles. The molecule has 1 aromatic rings. The van der Waals surface area contributed by atoms with Gasteiger partial charge >= 0.3 is 0 Å². The van der Waals surface area contributed by atoms with Crippen LogP contribution < -0.4 is 10.6 Å². The van der Waals surface area contributed by atoms with Crippen LogP contribution in [0.5, 0.6) is 0 Å². The van der Waals surface area contributed by atoms with Crippen molar-refractivity contribution in [3.63, 3.8) is 0 Å². The number of halogens is 1. The van der Waals surface area contributed by atoms with Gasteiger partial charge in [0.15, 0.2) is 0 Å². The van der Waals surface area contributed by atoms with Gasteiger partial charge in [-0.1, -0.05) is 6.07 Å². The van der Waals surface area contributed by atoms with Gasteiger partial charge in [-0.15, -0.1) is 0 Å². The van der Waals surface area contributed by atoms with Crippen LogP contribution in [0.25, 0.3) is 0 Å².